The molecule has 2 aromatic carbocycles. The van der Waals surface area contributed by atoms with Crippen LogP contribution < -0.4 is 4.74 Å². The monoisotopic (exact) mass is 256 g/mol. The second kappa shape index (κ2) is 6.19. The van der Waals surface area contributed by atoms with Crippen molar-refractivity contribution in [3.8, 4) is 5.75 Å². The Morgan fingerprint density at radius 1 is 0.947 bits per heavy atom. The van der Waals surface area contributed by atoms with Crippen LogP contribution >= 0.6 is 0 Å². The molecule has 0 spiro atoms. The van der Waals surface area contributed by atoms with Crippen LogP contribution in [0.3, 0.4) is 0 Å². The minimum atomic E-state index is -0.210. The number of ether oxygens (including phenoxy) is 1. The summed E-state index contributed by atoms with van der Waals surface area (Å²) in [5, 5.41) is 0. The standard InChI is InChI=1S/C17H17FO/c1-3-4-17(13-5-9-15(18)10-6-13)14-7-11-16(19-2)12-8-14/h3-12,17H,1-2H3/b4-3+. The molecule has 2 heteroatoms. The first-order valence-corrected chi connectivity index (χ1v) is 6.27. The van der Waals surface area contributed by atoms with E-state index in [1.165, 1.54) is 12.1 Å². The molecule has 0 saturated heterocycles. The fraction of sp³-hybridized carbons (Fsp3) is 0.176. The molecule has 0 bridgehead atoms. The summed E-state index contributed by atoms with van der Waals surface area (Å²) in [5.41, 5.74) is 2.23. The number of benzene rings is 2. The smallest absolute Gasteiger partial charge is 0.123 e. The van der Waals surface area contributed by atoms with Crippen molar-refractivity contribution in [1.82, 2.24) is 0 Å². The van der Waals surface area contributed by atoms with E-state index in [0.717, 1.165) is 16.9 Å². The Balaban J connectivity index is 2.36. The number of rotatable bonds is 4. The Labute approximate surface area is 113 Å². The summed E-state index contributed by atoms with van der Waals surface area (Å²) in [5.74, 6) is 0.760. The quantitative estimate of drug-likeness (QED) is 0.730. The molecule has 0 fully saturated rings. The molecular formula is C17H17FO. The number of hydrogen-bond acceptors (Lipinski definition) is 1. The number of methoxy groups -OCH3 is 1. The topological polar surface area (TPSA) is 9.23 Å². The highest BCUT2D eigenvalue weighted by Crippen LogP contribution is 2.27. The molecule has 0 aromatic heterocycles. The third-order valence-electron chi connectivity index (χ3n) is 3.09. The van der Waals surface area contributed by atoms with Gasteiger partial charge in [-0.1, -0.05) is 36.4 Å². The SMILES string of the molecule is C/C=C/C(c1ccc(F)cc1)c1ccc(OC)cc1. The highest BCUT2D eigenvalue weighted by atomic mass is 19.1. The maximum absolute atomic E-state index is 13.0. The average Bonchev–Trinajstić information content (AvgIpc) is 2.46. The van der Waals surface area contributed by atoms with Crippen molar-refractivity contribution < 1.29 is 9.13 Å². The molecule has 0 aliphatic carbocycles. The highest BCUT2D eigenvalue weighted by Gasteiger charge is 2.10. The van der Waals surface area contributed by atoms with Gasteiger partial charge in [0.25, 0.3) is 0 Å². The van der Waals surface area contributed by atoms with Gasteiger partial charge in [-0.3, -0.25) is 0 Å². The lowest BCUT2D eigenvalue weighted by molar-refractivity contribution is 0.414. The fourth-order valence-corrected chi connectivity index (χ4v) is 2.09. The minimum Gasteiger partial charge on any atom is -0.497 e. The molecule has 0 amide bonds. The third kappa shape index (κ3) is 3.22. The molecule has 1 unspecified atom stereocenters. The molecular weight excluding hydrogens is 239 g/mol. The average molecular weight is 256 g/mol. The lowest BCUT2D eigenvalue weighted by atomic mass is 9.91. The normalized spacial score (nSPS) is 12.6. The molecule has 0 N–H and O–H groups in total. The van der Waals surface area contributed by atoms with Crippen molar-refractivity contribution >= 4 is 0 Å². The zero-order chi connectivity index (χ0) is 13.7. The molecule has 0 heterocycles. The summed E-state index contributed by atoms with van der Waals surface area (Å²) in [7, 11) is 1.65. The molecule has 0 aliphatic rings. The van der Waals surface area contributed by atoms with Crippen molar-refractivity contribution in [1.29, 1.82) is 0 Å². The van der Waals surface area contributed by atoms with E-state index in [2.05, 4.69) is 6.08 Å². The molecule has 1 atom stereocenters. The second-order valence-corrected chi connectivity index (χ2v) is 4.33. The third-order valence-corrected chi connectivity index (χ3v) is 3.09. The largest absolute Gasteiger partial charge is 0.497 e. The van der Waals surface area contributed by atoms with E-state index in [4.69, 9.17) is 4.74 Å². The summed E-state index contributed by atoms with van der Waals surface area (Å²) < 4.78 is 18.2. The van der Waals surface area contributed by atoms with Crippen LogP contribution in [-0.2, 0) is 0 Å². The first kappa shape index (κ1) is 13.3. The van der Waals surface area contributed by atoms with Crippen LogP contribution in [0.1, 0.15) is 24.0 Å². The lowest BCUT2D eigenvalue weighted by Gasteiger charge is -2.14. The van der Waals surface area contributed by atoms with E-state index in [0.29, 0.717) is 0 Å². The van der Waals surface area contributed by atoms with E-state index in [1.807, 2.05) is 49.4 Å². The molecule has 1 nitrogen and oxygen atoms in total. The lowest BCUT2D eigenvalue weighted by Crippen LogP contribution is -1.98. The van der Waals surface area contributed by atoms with E-state index >= 15 is 0 Å². The zero-order valence-corrected chi connectivity index (χ0v) is 11.1. The van der Waals surface area contributed by atoms with Gasteiger partial charge in [0, 0.05) is 5.92 Å². The van der Waals surface area contributed by atoms with Crippen LogP contribution in [0.4, 0.5) is 4.39 Å². The Morgan fingerprint density at radius 3 is 1.95 bits per heavy atom. The Kier molecular flexibility index (Phi) is 4.35. The van der Waals surface area contributed by atoms with Gasteiger partial charge in [0.15, 0.2) is 0 Å². The van der Waals surface area contributed by atoms with Crippen LogP contribution in [0.2, 0.25) is 0 Å². The van der Waals surface area contributed by atoms with Crippen LogP contribution in [0.15, 0.2) is 60.7 Å². The van der Waals surface area contributed by atoms with Gasteiger partial charge in [0.05, 0.1) is 7.11 Å². The predicted octanol–water partition coefficient (Wildman–Crippen LogP) is 4.54. The first-order chi connectivity index (χ1) is 9.24. The van der Waals surface area contributed by atoms with Crippen molar-refractivity contribution in [3.63, 3.8) is 0 Å². The first-order valence-electron chi connectivity index (χ1n) is 6.27. The molecule has 98 valence electrons. The summed E-state index contributed by atoms with van der Waals surface area (Å²) in [4.78, 5) is 0. The maximum Gasteiger partial charge on any atom is 0.123 e. The Hall–Kier alpha value is -2.09. The van der Waals surface area contributed by atoms with E-state index in [-0.39, 0.29) is 11.7 Å². The molecule has 0 aliphatic heterocycles. The van der Waals surface area contributed by atoms with Gasteiger partial charge in [0.2, 0.25) is 0 Å². The van der Waals surface area contributed by atoms with Crippen molar-refractivity contribution in [2.45, 2.75) is 12.8 Å². The van der Waals surface area contributed by atoms with Gasteiger partial charge in [-0.25, -0.2) is 4.39 Å². The fourth-order valence-electron chi connectivity index (χ4n) is 2.09. The van der Waals surface area contributed by atoms with Gasteiger partial charge in [0.1, 0.15) is 11.6 Å². The number of allylic oxidation sites excluding steroid dienone is 2. The maximum atomic E-state index is 13.0. The summed E-state index contributed by atoms with van der Waals surface area (Å²) in [6, 6.07) is 14.6. The van der Waals surface area contributed by atoms with Crippen molar-refractivity contribution in [2.24, 2.45) is 0 Å². The Morgan fingerprint density at radius 2 is 1.47 bits per heavy atom. The van der Waals surface area contributed by atoms with Gasteiger partial charge in [-0.15, -0.1) is 0 Å². The van der Waals surface area contributed by atoms with E-state index in [1.54, 1.807) is 7.11 Å². The van der Waals surface area contributed by atoms with Gasteiger partial charge < -0.3 is 4.74 Å². The molecule has 0 radical (unpaired) electrons. The summed E-state index contributed by atoms with van der Waals surface area (Å²) >= 11 is 0. The number of hydrogen-bond donors (Lipinski definition) is 0. The predicted molar refractivity (Wildman–Crippen MR) is 76.1 cm³/mol. The molecule has 0 saturated carbocycles. The van der Waals surface area contributed by atoms with Gasteiger partial charge in [-0.2, -0.15) is 0 Å². The second-order valence-electron chi connectivity index (χ2n) is 4.33. The summed E-state index contributed by atoms with van der Waals surface area (Å²) in [6.07, 6.45) is 4.12. The Bertz CT molecular complexity index is 540. The van der Waals surface area contributed by atoms with Crippen LogP contribution in [0.25, 0.3) is 0 Å². The molecule has 19 heavy (non-hydrogen) atoms. The van der Waals surface area contributed by atoms with E-state index in [9.17, 15) is 4.39 Å². The summed E-state index contributed by atoms with van der Waals surface area (Å²) in [6.45, 7) is 1.99. The van der Waals surface area contributed by atoms with Crippen molar-refractivity contribution in [3.05, 3.63) is 77.6 Å². The van der Waals surface area contributed by atoms with Crippen molar-refractivity contribution in [2.75, 3.05) is 7.11 Å². The zero-order valence-electron chi connectivity index (χ0n) is 11.1. The highest BCUT2D eigenvalue weighted by molar-refractivity contribution is 5.39. The van der Waals surface area contributed by atoms with Gasteiger partial charge in [-0.05, 0) is 42.3 Å². The van der Waals surface area contributed by atoms with Crippen LogP contribution in [-0.4, -0.2) is 7.11 Å². The van der Waals surface area contributed by atoms with Crippen LogP contribution in [0, 0.1) is 5.82 Å². The number of halogens is 1. The van der Waals surface area contributed by atoms with E-state index < -0.39 is 0 Å². The van der Waals surface area contributed by atoms with Crippen LogP contribution in [0.5, 0.6) is 5.75 Å². The van der Waals surface area contributed by atoms with Gasteiger partial charge >= 0.3 is 0 Å². The minimum absolute atomic E-state index is 0.136. The molecule has 2 rings (SSSR count). The molecule has 2 aromatic rings.